The zero-order valence-corrected chi connectivity index (χ0v) is 17.6. The molecular weight excluding hydrogens is 372 g/mol. The number of rotatable bonds is 5. The second-order valence-electron chi connectivity index (χ2n) is 7.55. The van der Waals surface area contributed by atoms with Gasteiger partial charge in [-0.3, -0.25) is 4.79 Å². The van der Waals surface area contributed by atoms with Crippen molar-refractivity contribution in [3.8, 4) is 0 Å². The summed E-state index contributed by atoms with van der Waals surface area (Å²) < 4.78 is 27.3. The van der Waals surface area contributed by atoms with Crippen molar-refractivity contribution < 1.29 is 13.2 Å². The minimum atomic E-state index is -3.56. The molecule has 1 heterocycles. The number of hydrogen-bond donors (Lipinski definition) is 1. The van der Waals surface area contributed by atoms with Crippen molar-refractivity contribution in [1.82, 2.24) is 9.62 Å². The van der Waals surface area contributed by atoms with E-state index in [4.69, 9.17) is 0 Å². The summed E-state index contributed by atoms with van der Waals surface area (Å²) in [5.41, 5.74) is 3.66. The van der Waals surface area contributed by atoms with Gasteiger partial charge in [0.15, 0.2) is 0 Å². The second kappa shape index (κ2) is 8.45. The third-order valence-electron chi connectivity index (χ3n) is 5.30. The van der Waals surface area contributed by atoms with E-state index in [9.17, 15) is 13.2 Å². The molecule has 6 heteroatoms. The van der Waals surface area contributed by atoms with Crippen molar-refractivity contribution in [2.75, 3.05) is 13.1 Å². The van der Waals surface area contributed by atoms with Gasteiger partial charge in [-0.25, -0.2) is 8.42 Å². The fraction of sp³-hybridized carbons (Fsp3) is 0.409. The van der Waals surface area contributed by atoms with Gasteiger partial charge >= 0.3 is 0 Å². The quantitative estimate of drug-likeness (QED) is 0.826. The van der Waals surface area contributed by atoms with Crippen LogP contribution in [0.2, 0.25) is 0 Å². The number of carbonyl (C=O) groups is 1. The Labute approximate surface area is 167 Å². The van der Waals surface area contributed by atoms with Gasteiger partial charge in [0.1, 0.15) is 0 Å². The Morgan fingerprint density at radius 2 is 1.75 bits per heavy atom. The first-order valence-electron chi connectivity index (χ1n) is 9.77. The number of aryl methyl sites for hydroxylation is 2. The third-order valence-corrected chi connectivity index (χ3v) is 7.19. The van der Waals surface area contributed by atoms with Crippen LogP contribution < -0.4 is 5.32 Å². The molecule has 1 fully saturated rings. The molecule has 0 spiro atoms. The van der Waals surface area contributed by atoms with Crippen LogP contribution in [0.1, 0.15) is 59.3 Å². The van der Waals surface area contributed by atoms with Gasteiger partial charge in [0.2, 0.25) is 10.0 Å². The fourth-order valence-corrected chi connectivity index (χ4v) is 5.20. The molecule has 28 heavy (non-hydrogen) atoms. The second-order valence-corrected chi connectivity index (χ2v) is 9.49. The van der Waals surface area contributed by atoms with Gasteiger partial charge in [-0.2, -0.15) is 4.31 Å². The number of hydrogen-bond acceptors (Lipinski definition) is 3. The normalized spacial score (nSPS) is 16.5. The van der Waals surface area contributed by atoms with Gasteiger partial charge < -0.3 is 5.32 Å². The predicted octanol–water partition coefficient (Wildman–Crippen LogP) is 3.97. The maximum Gasteiger partial charge on any atom is 0.251 e. The lowest BCUT2D eigenvalue weighted by Gasteiger charge is -2.26. The molecule has 3 rings (SSSR count). The van der Waals surface area contributed by atoms with E-state index in [1.165, 1.54) is 10.4 Å². The van der Waals surface area contributed by atoms with Gasteiger partial charge in [-0.05, 0) is 62.9 Å². The van der Waals surface area contributed by atoms with Crippen LogP contribution in [0, 0.1) is 13.8 Å². The zero-order valence-electron chi connectivity index (χ0n) is 16.7. The van der Waals surface area contributed by atoms with Crippen LogP contribution in [0.5, 0.6) is 0 Å². The number of nitrogens with one attached hydrogen (secondary N) is 1. The summed E-state index contributed by atoms with van der Waals surface area (Å²) in [6, 6.07) is 12.3. The van der Waals surface area contributed by atoms with Gasteiger partial charge in [0.25, 0.3) is 5.91 Å². The van der Waals surface area contributed by atoms with E-state index in [1.807, 2.05) is 32.9 Å². The predicted molar refractivity (Wildman–Crippen MR) is 111 cm³/mol. The zero-order chi connectivity index (χ0) is 20.3. The largest absolute Gasteiger partial charge is 0.346 e. The number of amides is 1. The van der Waals surface area contributed by atoms with Crippen molar-refractivity contribution in [1.29, 1.82) is 0 Å². The van der Waals surface area contributed by atoms with E-state index in [0.29, 0.717) is 18.7 Å². The Balaban J connectivity index is 1.79. The van der Waals surface area contributed by atoms with Crippen LogP contribution in [0.15, 0.2) is 47.4 Å². The first-order valence-corrected chi connectivity index (χ1v) is 11.2. The SMILES string of the molecule is Cc1ccc(C)c(C(C)NC(=O)c2cccc(S(=O)(=O)N3CCCCC3)c2)c1. The van der Waals surface area contributed by atoms with Crippen LogP contribution in [0.3, 0.4) is 0 Å². The van der Waals surface area contributed by atoms with Crippen LogP contribution in [0.25, 0.3) is 0 Å². The number of piperidine rings is 1. The number of carbonyl (C=O) groups excluding carboxylic acids is 1. The maximum absolute atomic E-state index is 12.9. The molecule has 0 radical (unpaired) electrons. The van der Waals surface area contributed by atoms with Crippen LogP contribution in [-0.2, 0) is 10.0 Å². The highest BCUT2D eigenvalue weighted by Crippen LogP contribution is 2.23. The van der Waals surface area contributed by atoms with Crippen LogP contribution in [-0.4, -0.2) is 31.7 Å². The molecule has 0 aromatic heterocycles. The number of nitrogens with zero attached hydrogens (tertiary/aromatic N) is 1. The summed E-state index contributed by atoms with van der Waals surface area (Å²) in [6.45, 7) is 7.06. The Kier molecular flexibility index (Phi) is 6.20. The topological polar surface area (TPSA) is 66.5 Å². The molecule has 150 valence electrons. The maximum atomic E-state index is 12.9. The van der Waals surface area contributed by atoms with E-state index >= 15 is 0 Å². The summed E-state index contributed by atoms with van der Waals surface area (Å²) in [5, 5.41) is 2.99. The Morgan fingerprint density at radius 3 is 2.46 bits per heavy atom. The molecule has 0 bridgehead atoms. The fourth-order valence-electron chi connectivity index (χ4n) is 3.64. The molecule has 1 atom stereocenters. The number of benzene rings is 2. The van der Waals surface area contributed by atoms with E-state index in [-0.39, 0.29) is 16.8 Å². The van der Waals surface area contributed by atoms with E-state index < -0.39 is 10.0 Å². The highest BCUT2D eigenvalue weighted by Gasteiger charge is 2.26. The average molecular weight is 401 g/mol. The molecule has 5 nitrogen and oxygen atoms in total. The molecule has 0 saturated carbocycles. The monoisotopic (exact) mass is 400 g/mol. The Bertz CT molecular complexity index is 963. The standard InChI is InChI=1S/C22H28N2O3S/c1-16-10-11-17(2)21(14-16)18(3)23-22(25)19-8-7-9-20(15-19)28(26,27)24-12-5-4-6-13-24/h7-11,14-15,18H,4-6,12-13H2,1-3H3,(H,23,25). The van der Waals surface area contributed by atoms with Gasteiger partial charge in [0, 0.05) is 18.7 Å². The van der Waals surface area contributed by atoms with Gasteiger partial charge in [-0.1, -0.05) is 36.2 Å². The molecule has 1 aliphatic heterocycles. The molecule has 1 unspecified atom stereocenters. The summed E-state index contributed by atoms with van der Waals surface area (Å²) in [6.07, 6.45) is 2.82. The molecule has 2 aromatic carbocycles. The highest BCUT2D eigenvalue weighted by atomic mass is 32.2. The highest BCUT2D eigenvalue weighted by molar-refractivity contribution is 7.89. The molecule has 1 amide bonds. The average Bonchev–Trinajstić information content (AvgIpc) is 2.70. The first-order chi connectivity index (χ1) is 13.3. The van der Waals surface area contributed by atoms with Crippen molar-refractivity contribution in [3.05, 3.63) is 64.7 Å². The summed E-state index contributed by atoms with van der Waals surface area (Å²) in [5.74, 6) is -0.274. The van der Waals surface area contributed by atoms with E-state index in [2.05, 4.69) is 11.4 Å². The lowest BCUT2D eigenvalue weighted by Crippen LogP contribution is -2.35. The van der Waals surface area contributed by atoms with E-state index in [0.717, 1.165) is 36.0 Å². The molecule has 0 aliphatic carbocycles. The lowest BCUT2D eigenvalue weighted by atomic mass is 10.00. The minimum absolute atomic E-state index is 0.172. The van der Waals surface area contributed by atoms with Crippen LogP contribution in [0.4, 0.5) is 0 Å². The molecule has 1 N–H and O–H groups in total. The summed E-state index contributed by atoms with van der Waals surface area (Å²) in [7, 11) is -3.56. The van der Waals surface area contributed by atoms with Gasteiger partial charge in [0.05, 0.1) is 10.9 Å². The Morgan fingerprint density at radius 1 is 1.04 bits per heavy atom. The number of sulfonamides is 1. The molecule has 2 aromatic rings. The Hall–Kier alpha value is -2.18. The smallest absolute Gasteiger partial charge is 0.251 e. The van der Waals surface area contributed by atoms with Crippen molar-refractivity contribution >= 4 is 15.9 Å². The summed E-state index contributed by atoms with van der Waals surface area (Å²) in [4.78, 5) is 12.9. The minimum Gasteiger partial charge on any atom is -0.346 e. The molecule has 1 aliphatic rings. The van der Waals surface area contributed by atoms with Crippen molar-refractivity contribution in [2.45, 2.75) is 51.0 Å². The van der Waals surface area contributed by atoms with Crippen molar-refractivity contribution in [3.63, 3.8) is 0 Å². The molecular formula is C22H28N2O3S. The third kappa shape index (κ3) is 4.45. The van der Waals surface area contributed by atoms with Crippen LogP contribution >= 0.6 is 0 Å². The summed E-state index contributed by atoms with van der Waals surface area (Å²) >= 11 is 0. The molecule has 1 saturated heterocycles. The first kappa shape index (κ1) is 20.6. The van der Waals surface area contributed by atoms with Gasteiger partial charge in [-0.15, -0.1) is 0 Å². The lowest BCUT2D eigenvalue weighted by molar-refractivity contribution is 0.0939. The van der Waals surface area contributed by atoms with E-state index in [1.54, 1.807) is 18.2 Å². The van der Waals surface area contributed by atoms with Crippen molar-refractivity contribution in [2.24, 2.45) is 0 Å².